The predicted molar refractivity (Wildman–Crippen MR) is 125 cm³/mol. The summed E-state index contributed by atoms with van der Waals surface area (Å²) in [6.45, 7) is 5.05. The number of carbonyl (C=O) groups excluding carboxylic acids is 1. The summed E-state index contributed by atoms with van der Waals surface area (Å²) in [7, 11) is 0. The van der Waals surface area contributed by atoms with Crippen molar-refractivity contribution >= 4 is 34.3 Å². The molecule has 0 bridgehead atoms. The number of aromatic nitrogens is 4. The van der Waals surface area contributed by atoms with Crippen molar-refractivity contribution in [2.24, 2.45) is 0 Å². The van der Waals surface area contributed by atoms with E-state index in [0.717, 1.165) is 35.6 Å². The molecule has 0 aliphatic carbocycles. The van der Waals surface area contributed by atoms with Crippen molar-refractivity contribution < 1.29 is 4.79 Å². The van der Waals surface area contributed by atoms with Gasteiger partial charge in [0, 0.05) is 50.2 Å². The van der Waals surface area contributed by atoms with Crippen LogP contribution in [0.5, 0.6) is 0 Å². The standard InChI is InChI=1S/C24H25N7O/c1-18-26-22(28-21-8-4-5-10-25-21)16-23(27-18)29-12-14-30(15-13-29)24(32)17-31-11-9-19-6-2-3-7-20(19)31/h2-11,16H,12-15,17H2,1H3,(H,25,26,27,28). The lowest BCUT2D eigenvalue weighted by Crippen LogP contribution is -2.49. The number of piperazine rings is 1. The number of pyridine rings is 1. The lowest BCUT2D eigenvalue weighted by molar-refractivity contribution is -0.132. The number of hydrogen-bond donors (Lipinski definition) is 1. The maximum absolute atomic E-state index is 12.9. The van der Waals surface area contributed by atoms with Crippen LogP contribution >= 0.6 is 0 Å². The molecule has 162 valence electrons. The van der Waals surface area contributed by atoms with E-state index in [2.05, 4.69) is 43.4 Å². The monoisotopic (exact) mass is 427 g/mol. The second-order valence-corrected chi connectivity index (χ2v) is 7.87. The van der Waals surface area contributed by atoms with Gasteiger partial charge in [-0.15, -0.1) is 0 Å². The van der Waals surface area contributed by atoms with E-state index >= 15 is 0 Å². The van der Waals surface area contributed by atoms with Crippen LogP contribution in [0.2, 0.25) is 0 Å². The SMILES string of the molecule is Cc1nc(Nc2ccccn2)cc(N2CCN(C(=O)Cn3ccc4ccccc43)CC2)n1. The van der Waals surface area contributed by atoms with Gasteiger partial charge in [-0.3, -0.25) is 4.79 Å². The third kappa shape index (κ3) is 4.25. The van der Waals surface area contributed by atoms with E-state index in [1.54, 1.807) is 6.20 Å². The van der Waals surface area contributed by atoms with E-state index in [1.165, 1.54) is 0 Å². The molecule has 4 aromatic rings. The summed E-state index contributed by atoms with van der Waals surface area (Å²) in [6.07, 6.45) is 3.72. The summed E-state index contributed by atoms with van der Waals surface area (Å²) in [5.74, 6) is 3.15. The van der Waals surface area contributed by atoms with Gasteiger partial charge in [0.25, 0.3) is 0 Å². The molecule has 5 rings (SSSR count). The van der Waals surface area contributed by atoms with Crippen molar-refractivity contribution in [1.82, 2.24) is 24.4 Å². The lowest BCUT2D eigenvalue weighted by atomic mass is 10.2. The van der Waals surface area contributed by atoms with Crippen LogP contribution in [0, 0.1) is 6.92 Å². The smallest absolute Gasteiger partial charge is 0.242 e. The van der Waals surface area contributed by atoms with Crippen molar-refractivity contribution in [2.75, 3.05) is 36.4 Å². The second-order valence-electron chi connectivity index (χ2n) is 7.87. The van der Waals surface area contributed by atoms with Crippen molar-refractivity contribution in [3.63, 3.8) is 0 Å². The topological polar surface area (TPSA) is 79.2 Å². The molecule has 1 aliphatic heterocycles. The van der Waals surface area contributed by atoms with Gasteiger partial charge >= 0.3 is 0 Å². The van der Waals surface area contributed by atoms with Crippen LogP contribution < -0.4 is 10.2 Å². The number of aryl methyl sites for hydroxylation is 1. The van der Waals surface area contributed by atoms with Crippen molar-refractivity contribution in [1.29, 1.82) is 0 Å². The normalized spacial score (nSPS) is 14.0. The first-order chi connectivity index (χ1) is 15.7. The minimum atomic E-state index is 0.141. The molecule has 1 saturated heterocycles. The van der Waals surface area contributed by atoms with E-state index in [9.17, 15) is 4.79 Å². The Kier molecular flexibility index (Phi) is 5.41. The molecule has 8 heteroatoms. The minimum Gasteiger partial charge on any atom is -0.353 e. The molecule has 0 radical (unpaired) electrons. The number of fused-ring (bicyclic) bond motifs is 1. The predicted octanol–water partition coefficient (Wildman–Crippen LogP) is 3.23. The molecule has 1 aliphatic rings. The highest BCUT2D eigenvalue weighted by Crippen LogP contribution is 2.21. The quantitative estimate of drug-likeness (QED) is 0.527. The van der Waals surface area contributed by atoms with E-state index in [4.69, 9.17) is 0 Å². The lowest BCUT2D eigenvalue weighted by Gasteiger charge is -2.35. The van der Waals surface area contributed by atoms with Gasteiger partial charge in [-0.1, -0.05) is 24.3 Å². The van der Waals surface area contributed by atoms with Gasteiger partial charge in [-0.2, -0.15) is 0 Å². The van der Waals surface area contributed by atoms with E-state index < -0.39 is 0 Å². The Labute approximate surface area is 186 Å². The third-order valence-electron chi connectivity index (χ3n) is 5.69. The minimum absolute atomic E-state index is 0.141. The fourth-order valence-electron chi connectivity index (χ4n) is 4.06. The van der Waals surface area contributed by atoms with Crippen molar-refractivity contribution in [3.8, 4) is 0 Å². The van der Waals surface area contributed by atoms with Crippen LogP contribution in [0.25, 0.3) is 10.9 Å². The number of hydrogen-bond acceptors (Lipinski definition) is 6. The Morgan fingerprint density at radius 3 is 2.59 bits per heavy atom. The molecule has 1 aromatic carbocycles. The van der Waals surface area contributed by atoms with Gasteiger partial charge in [-0.25, -0.2) is 15.0 Å². The van der Waals surface area contributed by atoms with E-state index in [0.29, 0.717) is 31.3 Å². The van der Waals surface area contributed by atoms with Crippen LogP contribution in [0.1, 0.15) is 5.82 Å². The molecular formula is C24H25N7O. The highest BCUT2D eigenvalue weighted by Gasteiger charge is 2.23. The molecule has 32 heavy (non-hydrogen) atoms. The molecule has 0 spiro atoms. The maximum atomic E-state index is 12.9. The Hall–Kier alpha value is -3.94. The number of benzene rings is 1. The Bertz CT molecular complexity index is 1230. The number of carbonyl (C=O) groups is 1. The zero-order valence-electron chi connectivity index (χ0n) is 18.0. The zero-order chi connectivity index (χ0) is 21.9. The number of nitrogens with zero attached hydrogens (tertiary/aromatic N) is 6. The molecule has 8 nitrogen and oxygen atoms in total. The first kappa shape index (κ1) is 20.0. The number of anilines is 3. The van der Waals surface area contributed by atoms with Crippen LogP contribution in [0.4, 0.5) is 17.5 Å². The fraction of sp³-hybridized carbons (Fsp3) is 0.250. The average molecular weight is 428 g/mol. The average Bonchev–Trinajstić information content (AvgIpc) is 3.22. The van der Waals surface area contributed by atoms with Gasteiger partial charge in [0.05, 0.1) is 0 Å². The number of para-hydroxylation sites is 1. The summed E-state index contributed by atoms with van der Waals surface area (Å²) in [6, 6.07) is 17.8. The molecule has 0 atom stereocenters. The first-order valence-corrected chi connectivity index (χ1v) is 10.8. The summed E-state index contributed by atoms with van der Waals surface area (Å²) < 4.78 is 2.02. The van der Waals surface area contributed by atoms with Crippen LogP contribution in [0.3, 0.4) is 0 Å². The molecule has 1 fully saturated rings. The fourth-order valence-corrected chi connectivity index (χ4v) is 4.06. The molecular weight excluding hydrogens is 402 g/mol. The van der Waals surface area contributed by atoms with Crippen LogP contribution in [-0.2, 0) is 11.3 Å². The summed E-state index contributed by atoms with van der Waals surface area (Å²) in [4.78, 5) is 30.4. The Morgan fingerprint density at radius 2 is 1.78 bits per heavy atom. The van der Waals surface area contributed by atoms with Crippen LogP contribution in [0.15, 0.2) is 67.0 Å². The zero-order valence-corrected chi connectivity index (χ0v) is 18.0. The molecule has 4 heterocycles. The van der Waals surface area contributed by atoms with Crippen molar-refractivity contribution in [2.45, 2.75) is 13.5 Å². The Morgan fingerprint density at radius 1 is 0.969 bits per heavy atom. The maximum Gasteiger partial charge on any atom is 0.242 e. The van der Waals surface area contributed by atoms with Gasteiger partial charge < -0.3 is 19.7 Å². The van der Waals surface area contributed by atoms with Crippen LogP contribution in [-0.4, -0.2) is 56.5 Å². The first-order valence-electron chi connectivity index (χ1n) is 10.8. The van der Waals surface area contributed by atoms with Gasteiger partial charge in [0.2, 0.25) is 5.91 Å². The van der Waals surface area contributed by atoms with Crippen molar-refractivity contribution in [3.05, 3.63) is 72.8 Å². The molecule has 0 unspecified atom stereocenters. The van der Waals surface area contributed by atoms with E-state index in [-0.39, 0.29) is 5.91 Å². The van der Waals surface area contributed by atoms with Gasteiger partial charge in [0.1, 0.15) is 29.8 Å². The molecule has 1 N–H and O–H groups in total. The highest BCUT2D eigenvalue weighted by atomic mass is 16.2. The summed E-state index contributed by atoms with van der Waals surface area (Å²) in [5, 5.41) is 4.39. The van der Waals surface area contributed by atoms with Gasteiger partial charge in [0.15, 0.2) is 0 Å². The number of rotatable bonds is 5. The molecule has 3 aromatic heterocycles. The Balaban J connectivity index is 1.23. The molecule has 1 amide bonds. The summed E-state index contributed by atoms with van der Waals surface area (Å²) in [5.41, 5.74) is 1.09. The van der Waals surface area contributed by atoms with E-state index in [1.807, 2.05) is 59.0 Å². The van der Waals surface area contributed by atoms with Gasteiger partial charge in [-0.05, 0) is 36.6 Å². The second kappa shape index (κ2) is 8.66. The molecule has 0 saturated carbocycles. The number of amides is 1. The largest absolute Gasteiger partial charge is 0.353 e. The highest BCUT2D eigenvalue weighted by molar-refractivity contribution is 5.83. The number of nitrogens with one attached hydrogen (secondary N) is 1. The third-order valence-corrected chi connectivity index (χ3v) is 5.69. The summed E-state index contributed by atoms with van der Waals surface area (Å²) >= 11 is 0.